The molecule has 0 unspecified atom stereocenters. The molecule has 21 heavy (non-hydrogen) atoms. The molecule has 0 saturated heterocycles. The minimum Gasteiger partial charge on any atom is -0.448 e. The van der Waals surface area contributed by atoms with E-state index in [2.05, 4.69) is 23.6 Å². The minimum atomic E-state index is -3.53. The number of aromatic nitrogens is 1. The van der Waals surface area contributed by atoms with E-state index in [4.69, 9.17) is 4.42 Å². The van der Waals surface area contributed by atoms with Gasteiger partial charge in [-0.3, -0.25) is 0 Å². The molecule has 1 N–H and O–H groups in total. The number of hydrogen-bond acceptors (Lipinski definition) is 4. The molecule has 114 valence electrons. The maximum atomic E-state index is 12.2. The molecular formula is C15H20N2O3S. The van der Waals surface area contributed by atoms with Gasteiger partial charge in [-0.25, -0.2) is 18.1 Å². The average Bonchev–Trinajstić information content (AvgIpc) is 2.82. The molecule has 0 atom stereocenters. The number of sulfonamides is 1. The van der Waals surface area contributed by atoms with Crippen molar-refractivity contribution in [3.63, 3.8) is 0 Å². The highest BCUT2D eigenvalue weighted by atomic mass is 32.2. The van der Waals surface area contributed by atoms with Gasteiger partial charge in [-0.15, -0.1) is 0 Å². The third-order valence-corrected chi connectivity index (χ3v) is 4.57. The van der Waals surface area contributed by atoms with Crippen molar-refractivity contribution in [2.45, 2.75) is 38.6 Å². The molecular weight excluding hydrogens is 288 g/mol. The Morgan fingerprint density at radius 1 is 1.24 bits per heavy atom. The molecule has 0 bridgehead atoms. The Bertz CT molecular complexity index is 688. The second-order valence-corrected chi connectivity index (χ2v) is 7.19. The second kappa shape index (κ2) is 6.41. The Kier molecular flexibility index (Phi) is 4.80. The molecule has 0 aliphatic rings. The van der Waals surface area contributed by atoms with Crippen LogP contribution in [0.4, 0.5) is 0 Å². The van der Waals surface area contributed by atoms with Gasteiger partial charge in [0.25, 0.3) is 0 Å². The van der Waals surface area contributed by atoms with Crippen molar-refractivity contribution in [3.05, 3.63) is 47.7 Å². The highest BCUT2D eigenvalue weighted by Gasteiger charge is 2.15. The lowest BCUT2D eigenvalue weighted by atomic mass is 10.0. The van der Waals surface area contributed by atoms with Crippen LogP contribution in [0.2, 0.25) is 0 Å². The summed E-state index contributed by atoms with van der Waals surface area (Å²) in [5, 5.41) is 0. The minimum absolute atomic E-state index is 0.123. The van der Waals surface area contributed by atoms with Crippen LogP contribution < -0.4 is 4.72 Å². The van der Waals surface area contributed by atoms with Crippen LogP contribution >= 0.6 is 0 Å². The van der Waals surface area contributed by atoms with E-state index in [1.165, 1.54) is 6.39 Å². The SMILES string of the molecule is Cc1ocnc1CNS(=O)(=O)c1ccc(CC(C)C)cc1. The zero-order valence-electron chi connectivity index (χ0n) is 12.5. The first-order valence-corrected chi connectivity index (χ1v) is 8.34. The Hall–Kier alpha value is -1.66. The summed E-state index contributed by atoms with van der Waals surface area (Å²) < 4.78 is 32.0. The molecule has 2 rings (SSSR count). The maximum Gasteiger partial charge on any atom is 0.240 e. The van der Waals surface area contributed by atoms with Gasteiger partial charge in [0.2, 0.25) is 10.0 Å². The molecule has 0 amide bonds. The van der Waals surface area contributed by atoms with Crippen molar-refractivity contribution in [1.29, 1.82) is 0 Å². The van der Waals surface area contributed by atoms with Gasteiger partial charge in [0.05, 0.1) is 17.1 Å². The summed E-state index contributed by atoms with van der Waals surface area (Å²) in [5.41, 5.74) is 1.73. The van der Waals surface area contributed by atoms with E-state index in [-0.39, 0.29) is 11.4 Å². The Morgan fingerprint density at radius 2 is 1.90 bits per heavy atom. The fourth-order valence-corrected chi connectivity index (χ4v) is 3.01. The van der Waals surface area contributed by atoms with Gasteiger partial charge in [0.15, 0.2) is 6.39 Å². The van der Waals surface area contributed by atoms with Crippen LogP contribution in [0.5, 0.6) is 0 Å². The molecule has 0 aliphatic carbocycles. The van der Waals surface area contributed by atoms with Gasteiger partial charge >= 0.3 is 0 Å². The Morgan fingerprint density at radius 3 is 2.43 bits per heavy atom. The average molecular weight is 308 g/mol. The monoisotopic (exact) mass is 308 g/mol. The fourth-order valence-electron chi connectivity index (χ4n) is 2.02. The molecule has 0 aliphatic heterocycles. The number of aryl methyl sites for hydroxylation is 1. The van der Waals surface area contributed by atoms with Crippen LogP contribution in [-0.4, -0.2) is 13.4 Å². The van der Waals surface area contributed by atoms with E-state index in [1.54, 1.807) is 19.1 Å². The highest BCUT2D eigenvalue weighted by Crippen LogP contribution is 2.14. The molecule has 0 spiro atoms. The first kappa shape index (κ1) is 15.7. The molecule has 1 aromatic carbocycles. The standard InChI is InChI=1S/C15H20N2O3S/c1-11(2)8-13-4-6-14(7-5-13)21(18,19)17-9-15-12(3)20-10-16-15/h4-7,10-11,17H,8-9H2,1-3H3. The number of hydrogen-bond donors (Lipinski definition) is 1. The van der Waals surface area contributed by atoms with Crippen molar-refractivity contribution < 1.29 is 12.8 Å². The van der Waals surface area contributed by atoms with Crippen molar-refractivity contribution in [1.82, 2.24) is 9.71 Å². The van der Waals surface area contributed by atoms with E-state index in [0.29, 0.717) is 17.4 Å². The molecule has 0 saturated carbocycles. The fraction of sp³-hybridized carbons (Fsp3) is 0.400. The predicted octanol–water partition coefficient (Wildman–Crippen LogP) is 2.66. The van der Waals surface area contributed by atoms with Crippen LogP contribution in [0.25, 0.3) is 0 Å². The van der Waals surface area contributed by atoms with Crippen molar-refractivity contribution in [3.8, 4) is 0 Å². The van der Waals surface area contributed by atoms with Crippen molar-refractivity contribution in [2.24, 2.45) is 5.92 Å². The lowest BCUT2D eigenvalue weighted by Crippen LogP contribution is -2.23. The maximum absolute atomic E-state index is 12.2. The van der Waals surface area contributed by atoms with E-state index < -0.39 is 10.0 Å². The van der Waals surface area contributed by atoms with Crippen LogP contribution in [0.3, 0.4) is 0 Å². The zero-order chi connectivity index (χ0) is 15.5. The van der Waals surface area contributed by atoms with Gasteiger partial charge in [-0.2, -0.15) is 0 Å². The van der Waals surface area contributed by atoms with E-state index in [9.17, 15) is 8.42 Å². The quantitative estimate of drug-likeness (QED) is 0.890. The smallest absolute Gasteiger partial charge is 0.240 e. The second-order valence-electron chi connectivity index (χ2n) is 5.42. The lowest BCUT2D eigenvalue weighted by Gasteiger charge is -2.08. The summed E-state index contributed by atoms with van der Waals surface area (Å²) in [7, 11) is -3.53. The summed E-state index contributed by atoms with van der Waals surface area (Å²) in [6.07, 6.45) is 2.24. The molecule has 2 aromatic rings. The van der Waals surface area contributed by atoms with Crippen LogP contribution in [0.1, 0.15) is 30.9 Å². The number of rotatable bonds is 6. The van der Waals surface area contributed by atoms with Gasteiger partial charge < -0.3 is 4.42 Å². The first-order valence-electron chi connectivity index (χ1n) is 6.86. The van der Waals surface area contributed by atoms with Gasteiger partial charge in [0.1, 0.15) is 5.76 Å². The largest absolute Gasteiger partial charge is 0.448 e. The van der Waals surface area contributed by atoms with Crippen LogP contribution in [0, 0.1) is 12.8 Å². The third-order valence-electron chi connectivity index (χ3n) is 3.15. The van der Waals surface area contributed by atoms with Gasteiger partial charge in [0, 0.05) is 0 Å². The summed E-state index contributed by atoms with van der Waals surface area (Å²) in [6.45, 7) is 6.13. The molecule has 5 nitrogen and oxygen atoms in total. The number of benzene rings is 1. The van der Waals surface area contributed by atoms with E-state index in [1.807, 2.05) is 12.1 Å². The van der Waals surface area contributed by atoms with Crippen LogP contribution in [-0.2, 0) is 23.0 Å². The van der Waals surface area contributed by atoms with Gasteiger partial charge in [-0.1, -0.05) is 26.0 Å². The third kappa shape index (κ3) is 4.15. The van der Waals surface area contributed by atoms with Gasteiger partial charge in [-0.05, 0) is 37.0 Å². The normalized spacial score (nSPS) is 12.0. The van der Waals surface area contributed by atoms with Crippen molar-refractivity contribution in [2.75, 3.05) is 0 Å². The number of nitrogens with one attached hydrogen (secondary N) is 1. The Labute approximate surface area is 125 Å². The lowest BCUT2D eigenvalue weighted by molar-refractivity contribution is 0.523. The summed E-state index contributed by atoms with van der Waals surface area (Å²) >= 11 is 0. The Balaban J connectivity index is 2.07. The topological polar surface area (TPSA) is 72.2 Å². The summed E-state index contributed by atoms with van der Waals surface area (Å²) in [4.78, 5) is 4.23. The van der Waals surface area contributed by atoms with E-state index in [0.717, 1.165) is 12.0 Å². The van der Waals surface area contributed by atoms with E-state index >= 15 is 0 Å². The highest BCUT2D eigenvalue weighted by molar-refractivity contribution is 7.89. The summed E-state index contributed by atoms with van der Waals surface area (Å²) in [5.74, 6) is 1.16. The van der Waals surface area contributed by atoms with Crippen LogP contribution in [0.15, 0.2) is 40.0 Å². The molecule has 1 heterocycles. The summed E-state index contributed by atoms with van der Waals surface area (Å²) in [6, 6.07) is 6.98. The predicted molar refractivity (Wildman–Crippen MR) is 80.2 cm³/mol. The molecule has 0 radical (unpaired) electrons. The first-order chi connectivity index (χ1) is 9.88. The molecule has 6 heteroatoms. The molecule has 1 aromatic heterocycles. The zero-order valence-corrected chi connectivity index (χ0v) is 13.3. The number of oxazole rings is 1. The van der Waals surface area contributed by atoms with Crippen molar-refractivity contribution >= 4 is 10.0 Å². The molecule has 0 fully saturated rings. The number of nitrogens with zero attached hydrogens (tertiary/aromatic N) is 1.